The third-order valence-electron chi connectivity index (χ3n) is 4.65. The van der Waals surface area contributed by atoms with Crippen LogP contribution in [0.1, 0.15) is 24.8 Å². The largest absolute Gasteiger partial charge is 0.370 e. The summed E-state index contributed by atoms with van der Waals surface area (Å²) in [4.78, 5) is 6.95. The van der Waals surface area contributed by atoms with Crippen LogP contribution in [0.2, 0.25) is 0 Å². The number of rotatable bonds is 7. The van der Waals surface area contributed by atoms with Gasteiger partial charge < -0.3 is 16.0 Å². The van der Waals surface area contributed by atoms with E-state index in [2.05, 4.69) is 63.7 Å². The molecule has 2 aromatic rings. The minimum atomic E-state index is 0. The Bertz CT molecular complexity index is 664. The second-order valence-electron chi connectivity index (χ2n) is 6.59. The van der Waals surface area contributed by atoms with Crippen LogP contribution in [0.15, 0.2) is 59.6 Å². The summed E-state index contributed by atoms with van der Waals surface area (Å²) in [5, 5.41) is 3.22. The molecule has 1 heterocycles. The Kier molecular flexibility index (Phi) is 8.45. The summed E-state index contributed by atoms with van der Waals surface area (Å²) < 4.78 is 0. The average molecular weight is 373 g/mol. The zero-order chi connectivity index (χ0) is 17.3. The van der Waals surface area contributed by atoms with E-state index < -0.39 is 0 Å². The number of benzene rings is 2. The number of nitrogens with zero attached hydrogens (tertiary/aromatic N) is 2. The molecule has 1 fully saturated rings. The molecule has 2 aromatic carbocycles. The lowest BCUT2D eigenvalue weighted by atomic mass is 10.0. The van der Waals surface area contributed by atoms with Crippen molar-refractivity contribution in [3.8, 4) is 11.1 Å². The quantitative estimate of drug-likeness (QED) is 0.443. The van der Waals surface area contributed by atoms with Crippen molar-refractivity contribution >= 4 is 18.4 Å². The van der Waals surface area contributed by atoms with E-state index in [0.717, 1.165) is 19.5 Å². The highest BCUT2D eigenvalue weighted by Gasteiger charge is 2.09. The monoisotopic (exact) mass is 372 g/mol. The van der Waals surface area contributed by atoms with Gasteiger partial charge in [-0.3, -0.25) is 0 Å². The zero-order valence-electron chi connectivity index (χ0n) is 15.2. The summed E-state index contributed by atoms with van der Waals surface area (Å²) in [5.74, 6) is 0.536. The van der Waals surface area contributed by atoms with E-state index in [4.69, 9.17) is 5.73 Å². The first-order valence-corrected chi connectivity index (χ1v) is 9.22. The highest BCUT2D eigenvalue weighted by Crippen LogP contribution is 2.19. The third-order valence-corrected chi connectivity index (χ3v) is 4.65. The Morgan fingerprint density at radius 1 is 0.962 bits per heavy atom. The summed E-state index contributed by atoms with van der Waals surface area (Å²) >= 11 is 0. The van der Waals surface area contributed by atoms with Gasteiger partial charge in [0.25, 0.3) is 0 Å². The average Bonchev–Trinajstić information content (AvgIpc) is 3.18. The predicted octanol–water partition coefficient (Wildman–Crippen LogP) is 3.67. The molecule has 1 aliphatic heterocycles. The fraction of sp³-hybridized carbons (Fsp3) is 0.381. The fourth-order valence-electron chi connectivity index (χ4n) is 3.19. The standard InChI is InChI=1S/C21H28N4.ClH/c22-21(23-13-6-16-25-14-4-5-15-25)24-17-18-9-11-20(12-10-18)19-7-2-1-3-8-19;/h1-3,7-12H,4-6,13-17H2,(H3,22,23,24);1H. The molecule has 0 saturated carbocycles. The topological polar surface area (TPSA) is 53.6 Å². The summed E-state index contributed by atoms with van der Waals surface area (Å²) in [6.45, 7) is 5.16. The second kappa shape index (κ2) is 10.8. The van der Waals surface area contributed by atoms with E-state index in [1.807, 2.05) is 6.07 Å². The van der Waals surface area contributed by atoms with Crippen LogP contribution in [0.3, 0.4) is 0 Å². The molecule has 3 N–H and O–H groups in total. The Morgan fingerprint density at radius 3 is 2.31 bits per heavy atom. The first kappa shape index (κ1) is 20.3. The molecular formula is C21H29ClN4. The van der Waals surface area contributed by atoms with E-state index in [1.54, 1.807) is 0 Å². The Hall–Kier alpha value is -2.04. The first-order chi connectivity index (χ1) is 12.3. The lowest BCUT2D eigenvalue weighted by Gasteiger charge is -2.14. The van der Waals surface area contributed by atoms with Gasteiger partial charge in [0.15, 0.2) is 5.96 Å². The second-order valence-corrected chi connectivity index (χ2v) is 6.59. The fourth-order valence-corrected chi connectivity index (χ4v) is 3.19. The van der Waals surface area contributed by atoms with Crippen LogP contribution < -0.4 is 11.1 Å². The summed E-state index contributed by atoms with van der Waals surface area (Å²) in [6.07, 6.45) is 3.81. The molecule has 0 amide bonds. The smallest absolute Gasteiger partial charge is 0.188 e. The van der Waals surface area contributed by atoms with Crippen molar-refractivity contribution in [1.29, 1.82) is 0 Å². The van der Waals surface area contributed by atoms with Crippen LogP contribution in [0.25, 0.3) is 11.1 Å². The molecule has 0 atom stereocenters. The van der Waals surface area contributed by atoms with Crippen molar-refractivity contribution in [2.75, 3.05) is 26.2 Å². The Balaban J connectivity index is 0.00000243. The first-order valence-electron chi connectivity index (χ1n) is 9.22. The number of nitrogens with two attached hydrogens (primary N) is 1. The van der Waals surface area contributed by atoms with Crippen LogP contribution in [0, 0.1) is 0 Å². The molecule has 0 aromatic heterocycles. The van der Waals surface area contributed by atoms with Crippen LogP contribution in [-0.4, -0.2) is 37.0 Å². The minimum Gasteiger partial charge on any atom is -0.370 e. The molecule has 0 spiro atoms. The maximum atomic E-state index is 5.96. The summed E-state index contributed by atoms with van der Waals surface area (Å²) in [6, 6.07) is 18.9. The van der Waals surface area contributed by atoms with Gasteiger partial charge in [0.05, 0.1) is 6.54 Å². The van der Waals surface area contributed by atoms with Crippen molar-refractivity contribution in [2.24, 2.45) is 10.7 Å². The Morgan fingerprint density at radius 2 is 1.62 bits per heavy atom. The minimum absolute atomic E-state index is 0. The van der Waals surface area contributed by atoms with Crippen molar-refractivity contribution in [2.45, 2.75) is 25.8 Å². The number of likely N-dealkylation sites (tertiary alicyclic amines) is 1. The predicted molar refractivity (Wildman–Crippen MR) is 113 cm³/mol. The van der Waals surface area contributed by atoms with Gasteiger partial charge in [0, 0.05) is 6.54 Å². The van der Waals surface area contributed by atoms with Gasteiger partial charge in [0.2, 0.25) is 0 Å². The molecule has 0 aliphatic carbocycles. The van der Waals surface area contributed by atoms with E-state index in [0.29, 0.717) is 12.5 Å². The summed E-state index contributed by atoms with van der Waals surface area (Å²) in [5.41, 5.74) is 9.59. The van der Waals surface area contributed by atoms with Crippen LogP contribution >= 0.6 is 12.4 Å². The van der Waals surface area contributed by atoms with Crippen LogP contribution in [0.4, 0.5) is 0 Å². The molecule has 3 rings (SSSR count). The van der Waals surface area contributed by atoms with Gasteiger partial charge in [-0.25, -0.2) is 4.99 Å². The molecule has 26 heavy (non-hydrogen) atoms. The van der Waals surface area contributed by atoms with Crippen LogP contribution in [0.5, 0.6) is 0 Å². The highest BCUT2D eigenvalue weighted by atomic mass is 35.5. The molecule has 4 nitrogen and oxygen atoms in total. The zero-order valence-corrected chi connectivity index (χ0v) is 16.0. The molecule has 0 unspecified atom stereocenters. The number of nitrogens with one attached hydrogen (secondary N) is 1. The third kappa shape index (κ3) is 6.36. The molecular weight excluding hydrogens is 344 g/mol. The van der Waals surface area contributed by atoms with E-state index >= 15 is 0 Å². The van der Waals surface area contributed by atoms with Crippen molar-refractivity contribution in [1.82, 2.24) is 10.2 Å². The van der Waals surface area contributed by atoms with E-state index in [1.165, 1.54) is 42.6 Å². The Labute approximate surface area is 162 Å². The number of aliphatic imine (C=N–C) groups is 1. The number of hydrogen-bond acceptors (Lipinski definition) is 2. The van der Waals surface area contributed by atoms with Gasteiger partial charge in [-0.15, -0.1) is 12.4 Å². The van der Waals surface area contributed by atoms with Crippen molar-refractivity contribution in [3.05, 3.63) is 60.2 Å². The molecule has 1 aliphatic rings. The number of halogens is 1. The molecule has 1 saturated heterocycles. The van der Waals surface area contributed by atoms with Crippen molar-refractivity contribution < 1.29 is 0 Å². The van der Waals surface area contributed by atoms with E-state index in [-0.39, 0.29) is 12.4 Å². The van der Waals surface area contributed by atoms with Crippen LogP contribution in [-0.2, 0) is 6.54 Å². The normalized spacial score (nSPS) is 14.8. The van der Waals surface area contributed by atoms with Gasteiger partial charge in [0.1, 0.15) is 0 Å². The van der Waals surface area contributed by atoms with E-state index in [9.17, 15) is 0 Å². The molecule has 0 bridgehead atoms. The van der Waals surface area contributed by atoms with Gasteiger partial charge >= 0.3 is 0 Å². The van der Waals surface area contributed by atoms with Gasteiger partial charge in [-0.1, -0.05) is 54.6 Å². The number of guanidine groups is 1. The molecule has 5 heteroatoms. The lowest BCUT2D eigenvalue weighted by molar-refractivity contribution is 0.334. The lowest BCUT2D eigenvalue weighted by Crippen LogP contribution is -2.34. The van der Waals surface area contributed by atoms with Crippen molar-refractivity contribution in [3.63, 3.8) is 0 Å². The number of hydrogen-bond donors (Lipinski definition) is 2. The maximum Gasteiger partial charge on any atom is 0.188 e. The highest BCUT2D eigenvalue weighted by molar-refractivity contribution is 5.85. The summed E-state index contributed by atoms with van der Waals surface area (Å²) in [7, 11) is 0. The molecule has 0 radical (unpaired) electrons. The SMILES string of the molecule is Cl.NC(=NCc1ccc(-c2ccccc2)cc1)NCCCN1CCCC1. The maximum absolute atomic E-state index is 5.96. The van der Waals surface area contributed by atoms with Gasteiger partial charge in [-0.2, -0.15) is 0 Å². The molecule has 140 valence electrons. The van der Waals surface area contributed by atoms with Gasteiger partial charge in [-0.05, 0) is 55.6 Å².